The first-order chi connectivity index (χ1) is 5.14. The van der Waals surface area contributed by atoms with Crippen molar-refractivity contribution < 1.29 is 19.3 Å². The number of terminal acetylenes is 1. The van der Waals surface area contributed by atoms with Crippen LogP contribution in [0.2, 0.25) is 0 Å². The fraction of sp³-hybridized carbons (Fsp3) is 0.714. The monoisotopic (exact) mass is 160 g/mol. The summed E-state index contributed by atoms with van der Waals surface area (Å²) in [6, 6.07) is 0. The number of hydrogen-bond donors (Lipinski definition) is 2. The van der Waals surface area contributed by atoms with Crippen molar-refractivity contribution in [3.63, 3.8) is 0 Å². The molecule has 1 aliphatic rings. The molecule has 1 rings (SSSR count). The van der Waals surface area contributed by atoms with Crippen LogP contribution in [-0.2, 0) is 4.74 Å². The molecule has 11 heavy (non-hydrogen) atoms. The van der Waals surface area contributed by atoms with Crippen molar-refractivity contribution in [2.45, 2.75) is 17.9 Å². The first-order valence-corrected chi connectivity index (χ1v) is 3.21. The summed E-state index contributed by atoms with van der Waals surface area (Å²) in [5.74, 6) is 1.80. The van der Waals surface area contributed by atoms with E-state index in [2.05, 4.69) is 0 Å². The van der Waals surface area contributed by atoms with Gasteiger partial charge in [0.15, 0.2) is 0 Å². The molecule has 0 bridgehead atoms. The van der Waals surface area contributed by atoms with Gasteiger partial charge in [-0.3, -0.25) is 0 Å². The van der Waals surface area contributed by atoms with Crippen LogP contribution < -0.4 is 0 Å². The van der Waals surface area contributed by atoms with Crippen molar-refractivity contribution in [2.24, 2.45) is 0 Å². The molecular formula is C7H9FO3. The third-order valence-electron chi connectivity index (χ3n) is 1.75. The van der Waals surface area contributed by atoms with Crippen molar-refractivity contribution in [1.29, 1.82) is 0 Å². The number of rotatable bonds is 1. The number of alkyl halides is 1. The number of ether oxygens (including phenoxy) is 1. The van der Waals surface area contributed by atoms with E-state index in [4.69, 9.17) is 21.4 Å². The molecule has 0 amide bonds. The Kier molecular flexibility index (Phi) is 2.14. The number of aliphatic hydroxyl groups excluding tert-OH is 2. The normalized spacial score (nSPS) is 43.8. The summed E-state index contributed by atoms with van der Waals surface area (Å²) in [6.45, 7) is -0.773. The van der Waals surface area contributed by atoms with Gasteiger partial charge in [-0.1, -0.05) is 5.92 Å². The summed E-state index contributed by atoms with van der Waals surface area (Å²) < 4.78 is 17.9. The first-order valence-electron chi connectivity index (χ1n) is 3.21. The van der Waals surface area contributed by atoms with Crippen LogP contribution in [0.5, 0.6) is 0 Å². The van der Waals surface area contributed by atoms with Gasteiger partial charge in [-0.25, -0.2) is 4.39 Å². The molecule has 1 saturated heterocycles. The molecule has 0 aromatic heterocycles. The molecule has 3 unspecified atom stereocenters. The molecule has 62 valence electrons. The smallest absolute Gasteiger partial charge is 0.221 e. The average molecular weight is 160 g/mol. The van der Waals surface area contributed by atoms with Crippen molar-refractivity contribution in [1.82, 2.24) is 0 Å². The largest absolute Gasteiger partial charge is 0.394 e. The Hall–Kier alpha value is -0.630. The lowest BCUT2D eigenvalue weighted by Gasteiger charge is -2.16. The van der Waals surface area contributed by atoms with E-state index in [9.17, 15) is 4.39 Å². The zero-order valence-electron chi connectivity index (χ0n) is 5.83. The van der Waals surface area contributed by atoms with E-state index in [0.717, 1.165) is 0 Å². The Morgan fingerprint density at radius 2 is 2.45 bits per heavy atom. The van der Waals surface area contributed by atoms with Crippen LogP contribution >= 0.6 is 0 Å². The Labute approximate surface area is 63.8 Å². The molecule has 1 aliphatic heterocycles. The predicted molar refractivity (Wildman–Crippen MR) is 35.5 cm³/mol. The highest BCUT2D eigenvalue weighted by Gasteiger charge is 2.48. The third-order valence-corrected chi connectivity index (χ3v) is 1.75. The van der Waals surface area contributed by atoms with Crippen molar-refractivity contribution in [3.8, 4) is 12.3 Å². The Balaban J connectivity index is 2.71. The van der Waals surface area contributed by atoms with E-state index in [-0.39, 0.29) is 6.61 Å². The molecule has 0 radical (unpaired) electrons. The molecule has 3 atom stereocenters. The Morgan fingerprint density at radius 1 is 1.82 bits per heavy atom. The minimum Gasteiger partial charge on any atom is -0.394 e. The van der Waals surface area contributed by atoms with Gasteiger partial charge in [0.1, 0.15) is 12.2 Å². The predicted octanol–water partition coefficient (Wildman–Crippen LogP) is -0.920. The molecule has 2 N–H and O–H groups in total. The highest BCUT2D eigenvalue weighted by molar-refractivity contribution is 5.16. The lowest BCUT2D eigenvalue weighted by molar-refractivity contribution is -0.00443. The van der Waals surface area contributed by atoms with Crippen LogP contribution in [0.15, 0.2) is 0 Å². The SMILES string of the molecule is C#CC1(F)COC(CO)C1O. The summed E-state index contributed by atoms with van der Waals surface area (Å²) in [4.78, 5) is 0. The van der Waals surface area contributed by atoms with Gasteiger partial charge in [0.2, 0.25) is 5.67 Å². The lowest BCUT2D eigenvalue weighted by Crippen LogP contribution is -2.39. The first kappa shape index (κ1) is 8.47. The second kappa shape index (κ2) is 2.78. The second-order valence-electron chi connectivity index (χ2n) is 2.48. The van der Waals surface area contributed by atoms with Gasteiger partial charge >= 0.3 is 0 Å². The van der Waals surface area contributed by atoms with Crippen LogP contribution in [0.4, 0.5) is 4.39 Å². The Morgan fingerprint density at radius 3 is 2.73 bits per heavy atom. The molecule has 0 aliphatic carbocycles. The zero-order valence-corrected chi connectivity index (χ0v) is 5.83. The minimum atomic E-state index is -2.13. The standard InChI is InChI=1S/C7H9FO3/c1-2-7(8)4-11-5(3-9)6(7)10/h1,5-6,9-10H,3-4H2. The molecule has 0 aromatic carbocycles. The number of aliphatic hydroxyl groups is 2. The summed E-state index contributed by atoms with van der Waals surface area (Å²) in [7, 11) is 0. The molecule has 4 heteroatoms. The quantitative estimate of drug-likeness (QED) is 0.488. The van der Waals surface area contributed by atoms with Crippen molar-refractivity contribution in [3.05, 3.63) is 0 Å². The highest BCUT2D eigenvalue weighted by Crippen LogP contribution is 2.27. The van der Waals surface area contributed by atoms with Crippen LogP contribution in [0.3, 0.4) is 0 Å². The summed E-state index contributed by atoms with van der Waals surface area (Å²) in [6.07, 6.45) is 2.52. The van der Waals surface area contributed by atoms with Gasteiger partial charge in [0.25, 0.3) is 0 Å². The van der Waals surface area contributed by atoms with E-state index >= 15 is 0 Å². The summed E-state index contributed by atoms with van der Waals surface area (Å²) in [5.41, 5.74) is -2.13. The van der Waals surface area contributed by atoms with Crippen LogP contribution in [-0.4, -0.2) is 41.3 Å². The van der Waals surface area contributed by atoms with E-state index < -0.39 is 24.5 Å². The zero-order chi connectivity index (χ0) is 8.48. The van der Waals surface area contributed by atoms with Crippen LogP contribution in [0.1, 0.15) is 0 Å². The van der Waals surface area contributed by atoms with Crippen molar-refractivity contribution >= 4 is 0 Å². The second-order valence-corrected chi connectivity index (χ2v) is 2.48. The highest BCUT2D eigenvalue weighted by atomic mass is 19.1. The molecule has 0 spiro atoms. The van der Waals surface area contributed by atoms with Gasteiger partial charge in [-0.2, -0.15) is 0 Å². The van der Waals surface area contributed by atoms with Gasteiger partial charge < -0.3 is 14.9 Å². The Bertz CT molecular complexity index is 189. The minimum absolute atomic E-state index is 0.351. The van der Waals surface area contributed by atoms with Gasteiger partial charge in [-0.15, -0.1) is 6.42 Å². The number of halogens is 1. The van der Waals surface area contributed by atoms with E-state index in [1.807, 2.05) is 0 Å². The molecule has 0 saturated carbocycles. The van der Waals surface area contributed by atoms with E-state index in [0.29, 0.717) is 0 Å². The molecule has 1 fully saturated rings. The molecule has 1 heterocycles. The van der Waals surface area contributed by atoms with Gasteiger partial charge in [0.05, 0.1) is 13.2 Å². The maximum atomic E-state index is 13.2. The average Bonchev–Trinajstić information content (AvgIpc) is 2.31. The molecule has 0 aromatic rings. The topological polar surface area (TPSA) is 49.7 Å². The van der Waals surface area contributed by atoms with Crippen LogP contribution in [0, 0.1) is 12.3 Å². The maximum absolute atomic E-state index is 13.2. The molecular weight excluding hydrogens is 151 g/mol. The van der Waals surface area contributed by atoms with Gasteiger partial charge in [-0.05, 0) is 0 Å². The molecule has 3 nitrogen and oxygen atoms in total. The maximum Gasteiger partial charge on any atom is 0.221 e. The summed E-state index contributed by atoms with van der Waals surface area (Å²) in [5, 5.41) is 17.6. The third kappa shape index (κ3) is 1.23. The van der Waals surface area contributed by atoms with Crippen molar-refractivity contribution in [2.75, 3.05) is 13.2 Å². The lowest BCUT2D eigenvalue weighted by atomic mass is 10.0. The van der Waals surface area contributed by atoms with E-state index in [1.165, 1.54) is 0 Å². The van der Waals surface area contributed by atoms with Gasteiger partial charge in [0, 0.05) is 0 Å². The summed E-state index contributed by atoms with van der Waals surface area (Å²) >= 11 is 0. The van der Waals surface area contributed by atoms with Crippen LogP contribution in [0.25, 0.3) is 0 Å². The number of hydrogen-bond acceptors (Lipinski definition) is 3. The fourth-order valence-corrected chi connectivity index (χ4v) is 0.979. The van der Waals surface area contributed by atoms with E-state index in [1.54, 1.807) is 5.92 Å². The fourth-order valence-electron chi connectivity index (χ4n) is 0.979.